The van der Waals surface area contributed by atoms with Crippen LogP contribution in [0.3, 0.4) is 0 Å². The smallest absolute Gasteiger partial charge is 0.310 e. The number of rotatable bonds is 6. The maximum Gasteiger partial charge on any atom is 0.310 e. The van der Waals surface area contributed by atoms with Crippen LogP contribution in [0.5, 0.6) is 17.2 Å². The Hall–Kier alpha value is -1.91. The molecule has 0 fully saturated rings. The average Bonchev–Trinajstić information content (AvgIpc) is 2.36. The molecule has 0 radical (unpaired) electrons. The maximum absolute atomic E-state index is 11.7. The minimum Gasteiger partial charge on any atom is -0.493 e. The first kappa shape index (κ1) is 15.1. The van der Waals surface area contributed by atoms with Crippen molar-refractivity contribution in [2.24, 2.45) is 0 Å². The van der Waals surface area contributed by atoms with E-state index in [1.165, 1.54) is 14.2 Å². The van der Waals surface area contributed by atoms with Gasteiger partial charge in [-0.2, -0.15) is 0 Å². The summed E-state index contributed by atoms with van der Waals surface area (Å²) in [5.74, 6) is 1.21. The monoisotopic (exact) mass is 268 g/mol. The number of esters is 1. The first-order chi connectivity index (χ1) is 9.03. The number of hydrogen-bond donors (Lipinski definition) is 0. The summed E-state index contributed by atoms with van der Waals surface area (Å²) in [6, 6.07) is 3.50. The third kappa shape index (κ3) is 3.77. The van der Waals surface area contributed by atoms with Gasteiger partial charge in [-0.25, -0.2) is 0 Å². The Morgan fingerprint density at radius 1 is 1.05 bits per heavy atom. The summed E-state index contributed by atoms with van der Waals surface area (Å²) in [6.45, 7) is 3.62. The lowest BCUT2D eigenvalue weighted by Crippen LogP contribution is -2.14. The van der Waals surface area contributed by atoms with Crippen molar-refractivity contribution in [3.63, 3.8) is 0 Å². The van der Waals surface area contributed by atoms with Gasteiger partial charge in [0.2, 0.25) is 5.75 Å². The number of ether oxygens (including phenoxy) is 4. The molecule has 106 valence electrons. The molecule has 0 aromatic heterocycles. The molecule has 0 saturated heterocycles. The predicted octanol–water partition coefficient (Wildman–Crippen LogP) is 2.21. The van der Waals surface area contributed by atoms with Gasteiger partial charge in [-0.05, 0) is 19.9 Å². The molecule has 5 nitrogen and oxygen atoms in total. The zero-order valence-electron chi connectivity index (χ0n) is 12.0. The fraction of sp³-hybridized carbons (Fsp3) is 0.500. The van der Waals surface area contributed by atoms with Gasteiger partial charge in [0.15, 0.2) is 11.5 Å². The van der Waals surface area contributed by atoms with Gasteiger partial charge in [0, 0.05) is 5.56 Å². The standard InChI is InChI=1S/C14H20O5/c1-9(2)19-12(15)8-10-6-7-11(16-3)14(18-5)13(10)17-4/h6-7,9H,8H2,1-5H3. The Bertz CT molecular complexity index is 440. The van der Waals surface area contributed by atoms with Crippen molar-refractivity contribution in [1.82, 2.24) is 0 Å². The summed E-state index contributed by atoms with van der Waals surface area (Å²) in [5.41, 5.74) is 0.700. The molecule has 0 aliphatic heterocycles. The van der Waals surface area contributed by atoms with E-state index in [1.807, 2.05) is 13.8 Å². The molecule has 0 amide bonds. The van der Waals surface area contributed by atoms with Crippen LogP contribution in [0.4, 0.5) is 0 Å². The summed E-state index contributed by atoms with van der Waals surface area (Å²) < 4.78 is 20.9. The van der Waals surface area contributed by atoms with Crippen LogP contribution in [0.2, 0.25) is 0 Å². The molecular weight excluding hydrogens is 248 g/mol. The maximum atomic E-state index is 11.7. The van der Waals surface area contributed by atoms with Gasteiger partial charge < -0.3 is 18.9 Å². The summed E-state index contributed by atoms with van der Waals surface area (Å²) in [4.78, 5) is 11.7. The minimum absolute atomic E-state index is 0.127. The highest BCUT2D eigenvalue weighted by atomic mass is 16.5. The topological polar surface area (TPSA) is 54.0 Å². The third-order valence-electron chi connectivity index (χ3n) is 2.49. The molecule has 1 aromatic carbocycles. The number of carbonyl (C=O) groups is 1. The number of benzene rings is 1. The first-order valence-electron chi connectivity index (χ1n) is 6.00. The van der Waals surface area contributed by atoms with Crippen molar-refractivity contribution in [1.29, 1.82) is 0 Å². The van der Waals surface area contributed by atoms with Crippen molar-refractivity contribution in [3.8, 4) is 17.2 Å². The summed E-state index contributed by atoms with van der Waals surface area (Å²) in [5, 5.41) is 0. The van der Waals surface area contributed by atoms with Gasteiger partial charge >= 0.3 is 5.97 Å². The Labute approximate surface area is 113 Å². The Morgan fingerprint density at radius 2 is 1.68 bits per heavy atom. The molecule has 0 spiro atoms. The molecule has 5 heteroatoms. The van der Waals surface area contributed by atoms with Crippen LogP contribution < -0.4 is 14.2 Å². The molecule has 0 aliphatic carbocycles. The number of hydrogen-bond acceptors (Lipinski definition) is 5. The molecule has 0 bridgehead atoms. The van der Waals surface area contributed by atoms with Crippen LogP contribution in [0.1, 0.15) is 19.4 Å². The second kappa shape index (κ2) is 6.87. The fourth-order valence-corrected chi connectivity index (χ4v) is 1.76. The molecule has 19 heavy (non-hydrogen) atoms. The van der Waals surface area contributed by atoms with Crippen molar-refractivity contribution in [2.75, 3.05) is 21.3 Å². The number of carbonyl (C=O) groups excluding carboxylic acids is 1. The Kier molecular flexibility index (Phi) is 5.48. The minimum atomic E-state index is -0.305. The van der Waals surface area contributed by atoms with Gasteiger partial charge in [0.25, 0.3) is 0 Å². The summed E-state index contributed by atoms with van der Waals surface area (Å²) in [7, 11) is 4.59. The van der Waals surface area contributed by atoms with E-state index in [0.29, 0.717) is 22.8 Å². The van der Waals surface area contributed by atoms with Gasteiger partial charge in [0.05, 0.1) is 33.9 Å². The van der Waals surface area contributed by atoms with E-state index in [-0.39, 0.29) is 18.5 Å². The molecule has 0 saturated carbocycles. The third-order valence-corrected chi connectivity index (χ3v) is 2.49. The van der Waals surface area contributed by atoms with Gasteiger partial charge in [-0.3, -0.25) is 4.79 Å². The highest BCUT2D eigenvalue weighted by Gasteiger charge is 2.18. The summed E-state index contributed by atoms with van der Waals surface area (Å²) in [6.07, 6.45) is -0.0135. The van der Waals surface area contributed by atoms with E-state index in [1.54, 1.807) is 19.2 Å². The molecule has 0 N–H and O–H groups in total. The van der Waals surface area contributed by atoms with Crippen LogP contribution in [0, 0.1) is 0 Å². The van der Waals surface area contributed by atoms with Crippen molar-refractivity contribution >= 4 is 5.97 Å². The van der Waals surface area contributed by atoms with E-state index >= 15 is 0 Å². The number of methoxy groups -OCH3 is 3. The molecule has 1 rings (SSSR count). The van der Waals surface area contributed by atoms with Crippen LogP contribution in [0.15, 0.2) is 12.1 Å². The van der Waals surface area contributed by atoms with E-state index in [2.05, 4.69) is 0 Å². The predicted molar refractivity (Wildman–Crippen MR) is 71.0 cm³/mol. The lowest BCUT2D eigenvalue weighted by atomic mass is 10.1. The Morgan fingerprint density at radius 3 is 2.16 bits per heavy atom. The van der Waals surface area contributed by atoms with Crippen molar-refractivity contribution in [2.45, 2.75) is 26.4 Å². The molecule has 0 unspecified atom stereocenters. The van der Waals surface area contributed by atoms with Gasteiger partial charge in [-0.15, -0.1) is 0 Å². The van der Waals surface area contributed by atoms with E-state index in [0.717, 1.165) is 0 Å². The van der Waals surface area contributed by atoms with Gasteiger partial charge in [0.1, 0.15) is 0 Å². The zero-order chi connectivity index (χ0) is 14.4. The lowest BCUT2D eigenvalue weighted by Gasteiger charge is -2.15. The van der Waals surface area contributed by atoms with E-state index < -0.39 is 0 Å². The molecule has 0 aliphatic rings. The highest BCUT2D eigenvalue weighted by Crippen LogP contribution is 2.39. The second-order valence-electron chi connectivity index (χ2n) is 4.21. The van der Waals surface area contributed by atoms with Crippen LogP contribution in [0.25, 0.3) is 0 Å². The normalized spacial score (nSPS) is 10.2. The molecule has 1 aromatic rings. The van der Waals surface area contributed by atoms with Crippen molar-refractivity contribution < 1.29 is 23.7 Å². The molecular formula is C14H20O5. The van der Waals surface area contributed by atoms with Crippen LogP contribution >= 0.6 is 0 Å². The first-order valence-corrected chi connectivity index (χ1v) is 6.00. The zero-order valence-corrected chi connectivity index (χ0v) is 12.0. The largest absolute Gasteiger partial charge is 0.493 e. The lowest BCUT2D eigenvalue weighted by molar-refractivity contribution is -0.146. The molecule has 0 atom stereocenters. The van der Waals surface area contributed by atoms with Crippen molar-refractivity contribution in [3.05, 3.63) is 17.7 Å². The SMILES string of the molecule is COc1ccc(CC(=O)OC(C)C)c(OC)c1OC. The highest BCUT2D eigenvalue weighted by molar-refractivity contribution is 5.75. The van der Waals surface area contributed by atoms with E-state index in [9.17, 15) is 4.79 Å². The fourth-order valence-electron chi connectivity index (χ4n) is 1.76. The summed E-state index contributed by atoms with van der Waals surface area (Å²) >= 11 is 0. The molecule has 0 heterocycles. The second-order valence-corrected chi connectivity index (χ2v) is 4.21. The Balaban J connectivity index is 3.04. The quantitative estimate of drug-likeness (QED) is 0.740. The van der Waals surface area contributed by atoms with Gasteiger partial charge in [-0.1, -0.05) is 6.07 Å². The average molecular weight is 268 g/mol. The van der Waals surface area contributed by atoms with E-state index in [4.69, 9.17) is 18.9 Å². The van der Waals surface area contributed by atoms with Crippen LogP contribution in [-0.4, -0.2) is 33.4 Å². The van der Waals surface area contributed by atoms with Crippen LogP contribution in [-0.2, 0) is 16.0 Å².